The van der Waals surface area contributed by atoms with Gasteiger partial charge in [0.05, 0.1) is 19.2 Å². The fraction of sp³-hybridized carbons (Fsp3) is 0.190. The molecule has 0 N–H and O–H groups in total. The summed E-state index contributed by atoms with van der Waals surface area (Å²) < 4.78 is 18.2. The Bertz CT molecular complexity index is 909. The number of anilines is 1. The van der Waals surface area contributed by atoms with Gasteiger partial charge in [-0.25, -0.2) is 9.29 Å². The third-order valence-corrected chi connectivity index (χ3v) is 4.51. The van der Waals surface area contributed by atoms with Crippen LogP contribution in [0.5, 0.6) is 5.75 Å². The minimum atomic E-state index is -0.954. The van der Waals surface area contributed by atoms with Gasteiger partial charge < -0.3 is 9.64 Å². The fourth-order valence-electron chi connectivity index (χ4n) is 3.11. The topological polar surface area (TPSA) is 66.9 Å². The Morgan fingerprint density at radius 3 is 2.43 bits per heavy atom. The summed E-state index contributed by atoms with van der Waals surface area (Å²) in [6.07, 6.45) is 1.35. The number of nitrogens with zero attached hydrogens (tertiary/aromatic N) is 2. The van der Waals surface area contributed by atoms with Crippen LogP contribution in [-0.4, -0.2) is 42.3 Å². The monoisotopic (exact) mass is 382 g/mol. The van der Waals surface area contributed by atoms with Crippen LogP contribution in [0.15, 0.2) is 61.2 Å². The summed E-state index contributed by atoms with van der Waals surface area (Å²) in [5.41, 5.74) is 0.637. The first-order valence-corrected chi connectivity index (χ1v) is 8.64. The van der Waals surface area contributed by atoms with E-state index < -0.39 is 29.6 Å². The SMILES string of the molecule is C=CCN(C(=O)c1ccc(F)cc1)C1CC(=O)N(c2ccc(OC)cc2)C1=O. The van der Waals surface area contributed by atoms with Crippen LogP contribution in [0.4, 0.5) is 10.1 Å². The summed E-state index contributed by atoms with van der Waals surface area (Å²) in [4.78, 5) is 40.7. The van der Waals surface area contributed by atoms with Gasteiger partial charge in [-0.05, 0) is 48.5 Å². The highest BCUT2D eigenvalue weighted by Gasteiger charge is 2.44. The first kappa shape index (κ1) is 19.3. The average Bonchev–Trinajstić information content (AvgIpc) is 3.00. The Balaban J connectivity index is 1.88. The lowest BCUT2D eigenvalue weighted by Crippen LogP contribution is -2.45. The summed E-state index contributed by atoms with van der Waals surface area (Å²) in [5.74, 6) is -1.24. The Hall–Kier alpha value is -3.48. The van der Waals surface area contributed by atoms with Crippen molar-refractivity contribution in [1.82, 2.24) is 4.90 Å². The average molecular weight is 382 g/mol. The second-order valence-corrected chi connectivity index (χ2v) is 6.24. The molecule has 3 rings (SSSR count). The number of hydrogen-bond acceptors (Lipinski definition) is 4. The molecule has 2 aromatic carbocycles. The molecular weight excluding hydrogens is 363 g/mol. The number of rotatable bonds is 6. The molecule has 1 saturated heterocycles. The number of amides is 3. The van der Waals surface area contributed by atoms with E-state index in [9.17, 15) is 18.8 Å². The number of imide groups is 1. The number of carbonyl (C=O) groups excluding carboxylic acids is 3. The maximum absolute atomic E-state index is 13.2. The van der Waals surface area contributed by atoms with Gasteiger partial charge in [0.25, 0.3) is 11.8 Å². The zero-order chi connectivity index (χ0) is 20.3. The summed E-state index contributed by atoms with van der Waals surface area (Å²) in [6.45, 7) is 3.70. The third-order valence-electron chi connectivity index (χ3n) is 4.51. The van der Waals surface area contributed by atoms with E-state index in [1.54, 1.807) is 24.3 Å². The van der Waals surface area contributed by atoms with E-state index >= 15 is 0 Å². The molecule has 1 aliphatic rings. The van der Waals surface area contributed by atoms with Gasteiger partial charge in [0.2, 0.25) is 5.91 Å². The Kier molecular flexibility index (Phi) is 5.54. The number of hydrogen-bond donors (Lipinski definition) is 0. The van der Waals surface area contributed by atoms with E-state index in [-0.39, 0.29) is 18.5 Å². The van der Waals surface area contributed by atoms with E-state index in [1.165, 1.54) is 42.4 Å². The zero-order valence-corrected chi connectivity index (χ0v) is 15.3. The third kappa shape index (κ3) is 3.64. The van der Waals surface area contributed by atoms with Gasteiger partial charge in [-0.2, -0.15) is 0 Å². The highest BCUT2D eigenvalue weighted by Crippen LogP contribution is 2.28. The number of ether oxygens (including phenoxy) is 1. The number of halogens is 1. The van der Waals surface area contributed by atoms with Gasteiger partial charge in [0.1, 0.15) is 17.6 Å². The van der Waals surface area contributed by atoms with Crippen molar-refractivity contribution < 1.29 is 23.5 Å². The maximum Gasteiger partial charge on any atom is 0.257 e. The summed E-state index contributed by atoms with van der Waals surface area (Å²) >= 11 is 0. The van der Waals surface area contributed by atoms with Crippen molar-refractivity contribution in [2.75, 3.05) is 18.6 Å². The molecule has 0 radical (unpaired) electrons. The molecular formula is C21H19FN2O4. The van der Waals surface area contributed by atoms with Crippen molar-refractivity contribution in [1.29, 1.82) is 0 Å². The van der Waals surface area contributed by atoms with Crippen molar-refractivity contribution in [2.45, 2.75) is 12.5 Å². The number of carbonyl (C=O) groups is 3. The molecule has 1 unspecified atom stereocenters. The molecule has 6 nitrogen and oxygen atoms in total. The predicted molar refractivity (Wildman–Crippen MR) is 102 cm³/mol. The standard InChI is InChI=1S/C21H19FN2O4/c1-3-12-23(20(26)14-4-6-15(22)7-5-14)18-13-19(25)24(21(18)27)16-8-10-17(28-2)11-9-16/h3-11,18H,1,12-13H2,2H3. The highest BCUT2D eigenvalue weighted by molar-refractivity contribution is 6.23. The van der Waals surface area contributed by atoms with Crippen molar-refractivity contribution in [3.05, 3.63) is 72.6 Å². The first-order chi connectivity index (χ1) is 13.5. The van der Waals surface area contributed by atoms with Crippen LogP contribution in [0.2, 0.25) is 0 Å². The van der Waals surface area contributed by atoms with Crippen molar-refractivity contribution >= 4 is 23.4 Å². The maximum atomic E-state index is 13.2. The van der Waals surface area contributed by atoms with E-state index in [2.05, 4.69) is 6.58 Å². The molecule has 7 heteroatoms. The summed E-state index contributed by atoms with van der Waals surface area (Å²) in [5, 5.41) is 0. The predicted octanol–water partition coefficient (Wildman–Crippen LogP) is 2.79. The van der Waals surface area contributed by atoms with Crippen LogP contribution < -0.4 is 9.64 Å². The lowest BCUT2D eigenvalue weighted by Gasteiger charge is -2.26. The van der Waals surface area contributed by atoms with E-state index in [4.69, 9.17) is 4.74 Å². The molecule has 0 bridgehead atoms. The van der Waals surface area contributed by atoms with Crippen LogP contribution >= 0.6 is 0 Å². The Labute approximate surface area is 161 Å². The zero-order valence-electron chi connectivity index (χ0n) is 15.3. The van der Waals surface area contributed by atoms with Gasteiger partial charge in [-0.1, -0.05) is 6.08 Å². The molecule has 144 valence electrons. The largest absolute Gasteiger partial charge is 0.497 e. The van der Waals surface area contributed by atoms with E-state index in [0.717, 1.165) is 4.90 Å². The second-order valence-electron chi connectivity index (χ2n) is 6.24. The van der Waals surface area contributed by atoms with Crippen LogP contribution in [0.3, 0.4) is 0 Å². The highest BCUT2D eigenvalue weighted by atomic mass is 19.1. The minimum absolute atomic E-state index is 0.0797. The molecule has 0 aliphatic carbocycles. The molecule has 0 saturated carbocycles. The molecule has 2 aromatic rings. The fourth-order valence-corrected chi connectivity index (χ4v) is 3.11. The molecule has 1 atom stereocenters. The normalized spacial score (nSPS) is 16.2. The molecule has 0 spiro atoms. The van der Waals surface area contributed by atoms with Crippen LogP contribution in [0.1, 0.15) is 16.8 Å². The van der Waals surface area contributed by atoms with Crippen molar-refractivity contribution in [3.8, 4) is 5.75 Å². The lowest BCUT2D eigenvalue weighted by molar-refractivity contribution is -0.122. The Morgan fingerprint density at radius 2 is 1.86 bits per heavy atom. The molecule has 3 amide bonds. The molecule has 1 heterocycles. The van der Waals surface area contributed by atoms with E-state index in [0.29, 0.717) is 11.4 Å². The van der Waals surface area contributed by atoms with Crippen LogP contribution in [-0.2, 0) is 9.59 Å². The summed E-state index contributed by atoms with van der Waals surface area (Å²) in [7, 11) is 1.52. The second kappa shape index (κ2) is 8.04. The first-order valence-electron chi connectivity index (χ1n) is 8.64. The number of benzene rings is 2. The molecule has 1 aliphatic heterocycles. The van der Waals surface area contributed by atoms with Crippen LogP contribution in [0, 0.1) is 5.82 Å². The van der Waals surface area contributed by atoms with Crippen molar-refractivity contribution in [3.63, 3.8) is 0 Å². The van der Waals surface area contributed by atoms with Crippen LogP contribution in [0.25, 0.3) is 0 Å². The summed E-state index contributed by atoms with van der Waals surface area (Å²) in [6, 6.07) is 10.6. The quantitative estimate of drug-likeness (QED) is 0.569. The van der Waals surface area contributed by atoms with E-state index in [1.807, 2.05) is 0 Å². The van der Waals surface area contributed by atoms with Gasteiger partial charge in [0.15, 0.2) is 0 Å². The molecule has 1 fully saturated rings. The molecule has 28 heavy (non-hydrogen) atoms. The van der Waals surface area contributed by atoms with Crippen molar-refractivity contribution in [2.24, 2.45) is 0 Å². The molecule has 0 aromatic heterocycles. The minimum Gasteiger partial charge on any atom is -0.497 e. The lowest BCUT2D eigenvalue weighted by atomic mass is 10.1. The Morgan fingerprint density at radius 1 is 1.21 bits per heavy atom. The van der Waals surface area contributed by atoms with Gasteiger partial charge >= 0.3 is 0 Å². The smallest absolute Gasteiger partial charge is 0.257 e. The van der Waals surface area contributed by atoms with Gasteiger partial charge in [-0.15, -0.1) is 6.58 Å². The van der Waals surface area contributed by atoms with Gasteiger partial charge in [0, 0.05) is 12.1 Å². The number of methoxy groups -OCH3 is 1. The van der Waals surface area contributed by atoms with Gasteiger partial charge in [-0.3, -0.25) is 14.4 Å².